The minimum atomic E-state index is 0.374. The average molecular weight is 374 g/mol. The quantitative estimate of drug-likeness (QED) is 0.733. The molecule has 1 aromatic carbocycles. The Kier molecular flexibility index (Phi) is 4.36. The van der Waals surface area contributed by atoms with Gasteiger partial charge in [0.1, 0.15) is 5.52 Å². The molecule has 3 aromatic rings. The number of hydrogen-bond donors (Lipinski definition) is 2. The van der Waals surface area contributed by atoms with E-state index in [1.54, 1.807) is 12.4 Å². The number of piperidine rings is 1. The van der Waals surface area contributed by atoms with E-state index >= 15 is 0 Å². The molecular weight excluding hydrogens is 348 g/mol. The van der Waals surface area contributed by atoms with Gasteiger partial charge in [0, 0.05) is 55.7 Å². The van der Waals surface area contributed by atoms with E-state index in [1.165, 1.54) is 19.3 Å². The number of nitrogens with one attached hydrogen (secondary N) is 2. The number of benzene rings is 1. The lowest BCUT2D eigenvalue weighted by Crippen LogP contribution is -2.42. The van der Waals surface area contributed by atoms with E-state index in [9.17, 15) is 0 Å². The molecule has 144 valence electrons. The fourth-order valence-corrected chi connectivity index (χ4v) is 4.63. The Morgan fingerprint density at radius 2 is 1.96 bits per heavy atom. The van der Waals surface area contributed by atoms with Crippen LogP contribution >= 0.6 is 0 Å². The van der Waals surface area contributed by atoms with Crippen LogP contribution in [0.2, 0.25) is 0 Å². The summed E-state index contributed by atoms with van der Waals surface area (Å²) in [4.78, 5) is 16.7. The third-order valence-corrected chi connectivity index (χ3v) is 6.21. The third kappa shape index (κ3) is 3.07. The van der Waals surface area contributed by atoms with Crippen LogP contribution in [0.25, 0.3) is 22.3 Å². The van der Waals surface area contributed by atoms with Gasteiger partial charge in [0.2, 0.25) is 0 Å². The van der Waals surface area contributed by atoms with Crippen molar-refractivity contribution in [1.82, 2.24) is 20.3 Å². The molecule has 2 aromatic heterocycles. The van der Waals surface area contributed by atoms with E-state index in [4.69, 9.17) is 4.98 Å². The van der Waals surface area contributed by atoms with Gasteiger partial charge in [-0.3, -0.25) is 4.98 Å². The van der Waals surface area contributed by atoms with E-state index in [1.807, 2.05) is 13.1 Å². The molecule has 6 heteroatoms. The molecule has 2 aliphatic rings. The minimum Gasteiger partial charge on any atom is -0.388 e. The van der Waals surface area contributed by atoms with Gasteiger partial charge >= 0.3 is 0 Å². The molecule has 2 fully saturated rings. The molecule has 1 atom stereocenters. The Morgan fingerprint density at radius 1 is 1.11 bits per heavy atom. The highest BCUT2D eigenvalue weighted by molar-refractivity contribution is 5.89. The fraction of sp³-hybridized carbons (Fsp3) is 0.409. The Morgan fingerprint density at radius 3 is 2.75 bits per heavy atom. The molecule has 2 aliphatic heterocycles. The lowest BCUT2D eigenvalue weighted by molar-refractivity contribution is 0.239. The number of hydrogen-bond acceptors (Lipinski definition) is 6. The van der Waals surface area contributed by atoms with Crippen LogP contribution in [0.1, 0.15) is 19.3 Å². The zero-order valence-corrected chi connectivity index (χ0v) is 16.3. The predicted octanol–water partition coefficient (Wildman–Crippen LogP) is 3.31. The number of rotatable bonds is 3. The smallest absolute Gasteiger partial charge is 0.157 e. The van der Waals surface area contributed by atoms with Crippen molar-refractivity contribution >= 4 is 22.5 Å². The van der Waals surface area contributed by atoms with Crippen LogP contribution in [0.5, 0.6) is 0 Å². The summed E-state index contributed by atoms with van der Waals surface area (Å²) in [5, 5.41) is 6.76. The summed E-state index contributed by atoms with van der Waals surface area (Å²) in [6.07, 6.45) is 7.30. The minimum absolute atomic E-state index is 0.374. The molecule has 0 bridgehead atoms. The average Bonchev–Trinajstić information content (AvgIpc) is 3.16. The second-order valence-electron chi connectivity index (χ2n) is 8.03. The first-order valence-corrected chi connectivity index (χ1v) is 10.1. The van der Waals surface area contributed by atoms with Gasteiger partial charge in [-0.1, -0.05) is 12.1 Å². The van der Waals surface area contributed by atoms with Crippen molar-refractivity contribution in [3.05, 3.63) is 42.7 Å². The SMILES string of the molecule is CNc1ccc(-c2cc3nccnc3c(N3CCC4(CCCNC4)C3)n2)cc1. The number of nitrogens with zero attached hydrogens (tertiary/aromatic N) is 4. The molecule has 4 heterocycles. The van der Waals surface area contributed by atoms with E-state index in [2.05, 4.69) is 49.8 Å². The maximum atomic E-state index is 5.07. The molecule has 28 heavy (non-hydrogen) atoms. The lowest BCUT2D eigenvalue weighted by atomic mass is 9.80. The van der Waals surface area contributed by atoms with Crippen molar-refractivity contribution in [1.29, 1.82) is 0 Å². The molecule has 2 N–H and O–H groups in total. The Balaban J connectivity index is 1.55. The van der Waals surface area contributed by atoms with Crippen molar-refractivity contribution in [3.63, 3.8) is 0 Å². The molecule has 6 nitrogen and oxygen atoms in total. The fourth-order valence-electron chi connectivity index (χ4n) is 4.63. The van der Waals surface area contributed by atoms with Gasteiger partial charge in [0.25, 0.3) is 0 Å². The Hall–Kier alpha value is -2.73. The number of aromatic nitrogens is 3. The van der Waals surface area contributed by atoms with Crippen LogP contribution in [-0.2, 0) is 0 Å². The lowest BCUT2D eigenvalue weighted by Gasteiger charge is -2.34. The van der Waals surface area contributed by atoms with Crippen molar-refractivity contribution in [3.8, 4) is 11.3 Å². The van der Waals surface area contributed by atoms with Crippen molar-refractivity contribution in [2.45, 2.75) is 19.3 Å². The summed E-state index contributed by atoms with van der Waals surface area (Å²) in [5.41, 5.74) is 5.32. The summed E-state index contributed by atoms with van der Waals surface area (Å²) in [6, 6.07) is 10.4. The predicted molar refractivity (Wildman–Crippen MR) is 114 cm³/mol. The van der Waals surface area contributed by atoms with Crippen LogP contribution in [0.4, 0.5) is 11.5 Å². The molecule has 0 radical (unpaired) electrons. The van der Waals surface area contributed by atoms with E-state index < -0.39 is 0 Å². The maximum Gasteiger partial charge on any atom is 0.157 e. The molecular formula is C22H26N6. The van der Waals surface area contributed by atoms with Crippen molar-refractivity contribution in [2.75, 3.05) is 43.4 Å². The van der Waals surface area contributed by atoms with Crippen molar-refractivity contribution < 1.29 is 0 Å². The summed E-state index contributed by atoms with van der Waals surface area (Å²) in [7, 11) is 1.93. The molecule has 0 aliphatic carbocycles. The van der Waals surface area contributed by atoms with E-state index in [0.29, 0.717) is 5.41 Å². The van der Waals surface area contributed by atoms with Gasteiger partial charge in [0.15, 0.2) is 5.82 Å². The molecule has 1 unspecified atom stereocenters. The first kappa shape index (κ1) is 17.4. The topological polar surface area (TPSA) is 66.0 Å². The third-order valence-electron chi connectivity index (χ3n) is 6.21. The second-order valence-corrected chi connectivity index (χ2v) is 8.03. The maximum absolute atomic E-state index is 5.07. The summed E-state index contributed by atoms with van der Waals surface area (Å²) >= 11 is 0. The van der Waals surface area contributed by atoms with Gasteiger partial charge < -0.3 is 15.5 Å². The first-order valence-electron chi connectivity index (χ1n) is 10.1. The van der Waals surface area contributed by atoms with E-state index in [0.717, 1.165) is 60.0 Å². The standard InChI is InChI=1S/C22H26N6/c1-23-17-5-3-16(4-6-17)18-13-19-20(26-11-10-25-19)21(27-18)28-12-8-22(15-28)7-2-9-24-14-22/h3-6,10-11,13,23-24H,2,7-9,12,14-15H2,1H3. The van der Waals surface area contributed by atoms with Gasteiger partial charge in [-0.05, 0) is 44.0 Å². The zero-order chi connectivity index (χ0) is 19.0. The van der Waals surface area contributed by atoms with Gasteiger partial charge in [0.05, 0.1) is 11.2 Å². The van der Waals surface area contributed by atoms with Gasteiger partial charge in [-0.2, -0.15) is 0 Å². The Bertz CT molecular complexity index is 978. The van der Waals surface area contributed by atoms with E-state index in [-0.39, 0.29) is 0 Å². The molecule has 0 saturated carbocycles. The number of pyridine rings is 1. The molecule has 2 saturated heterocycles. The number of fused-ring (bicyclic) bond motifs is 1. The van der Waals surface area contributed by atoms with Crippen LogP contribution < -0.4 is 15.5 Å². The summed E-state index contributed by atoms with van der Waals surface area (Å²) < 4.78 is 0. The largest absolute Gasteiger partial charge is 0.388 e. The monoisotopic (exact) mass is 374 g/mol. The number of anilines is 2. The Labute approximate surface area is 165 Å². The first-order chi connectivity index (χ1) is 13.8. The molecule has 0 amide bonds. The highest BCUT2D eigenvalue weighted by atomic mass is 15.2. The summed E-state index contributed by atoms with van der Waals surface area (Å²) in [6.45, 7) is 4.33. The normalized spacial score (nSPS) is 22.1. The molecule has 1 spiro atoms. The van der Waals surface area contributed by atoms with Crippen LogP contribution in [-0.4, -0.2) is 48.2 Å². The van der Waals surface area contributed by atoms with Gasteiger partial charge in [-0.15, -0.1) is 0 Å². The molecule has 5 rings (SSSR count). The van der Waals surface area contributed by atoms with Crippen molar-refractivity contribution in [2.24, 2.45) is 5.41 Å². The second kappa shape index (κ2) is 7.02. The van der Waals surface area contributed by atoms with Crippen LogP contribution in [0.3, 0.4) is 0 Å². The highest BCUT2D eigenvalue weighted by Crippen LogP contribution is 2.40. The van der Waals surface area contributed by atoms with Crippen LogP contribution in [0.15, 0.2) is 42.7 Å². The summed E-state index contributed by atoms with van der Waals surface area (Å²) in [5.74, 6) is 0.973. The zero-order valence-electron chi connectivity index (χ0n) is 16.3. The van der Waals surface area contributed by atoms with Gasteiger partial charge in [-0.25, -0.2) is 9.97 Å². The highest BCUT2D eigenvalue weighted by Gasteiger charge is 2.40. The van der Waals surface area contributed by atoms with Crippen LogP contribution in [0, 0.1) is 5.41 Å².